The van der Waals surface area contributed by atoms with Crippen LogP contribution in [0.2, 0.25) is 0 Å². The van der Waals surface area contributed by atoms with Gasteiger partial charge >= 0.3 is 0 Å². The summed E-state index contributed by atoms with van der Waals surface area (Å²) in [5, 5.41) is 7.19. The van der Waals surface area contributed by atoms with Crippen molar-refractivity contribution in [3.8, 4) is 11.3 Å². The lowest BCUT2D eigenvalue weighted by Gasteiger charge is -2.05. The van der Waals surface area contributed by atoms with Crippen LogP contribution in [0.15, 0.2) is 65.0 Å². The van der Waals surface area contributed by atoms with Crippen LogP contribution in [-0.2, 0) is 7.05 Å². The third kappa shape index (κ3) is 2.90. The molecule has 5 heteroatoms. The smallest absolute Gasteiger partial charge is 0.267 e. The van der Waals surface area contributed by atoms with E-state index in [-0.39, 0.29) is 5.56 Å². The molecule has 122 valence electrons. The SMILES string of the molecule is Cn1nc(-c2ccncc2)c2scc(C=Cc3ccccc3)c2c1=O. The Morgan fingerprint density at radius 2 is 1.80 bits per heavy atom. The lowest BCUT2D eigenvalue weighted by atomic mass is 10.1. The molecule has 0 spiro atoms. The summed E-state index contributed by atoms with van der Waals surface area (Å²) in [5.74, 6) is 0. The predicted octanol–water partition coefficient (Wildman–Crippen LogP) is 4.23. The van der Waals surface area contributed by atoms with E-state index in [9.17, 15) is 4.79 Å². The summed E-state index contributed by atoms with van der Waals surface area (Å²) in [6.07, 6.45) is 7.48. The average molecular weight is 345 g/mol. The summed E-state index contributed by atoms with van der Waals surface area (Å²) in [6, 6.07) is 13.9. The largest absolute Gasteiger partial charge is 0.275 e. The van der Waals surface area contributed by atoms with Gasteiger partial charge in [-0.25, -0.2) is 4.68 Å². The second-order valence-corrected chi connectivity index (χ2v) is 6.53. The lowest BCUT2D eigenvalue weighted by Crippen LogP contribution is -2.20. The molecule has 0 saturated carbocycles. The van der Waals surface area contributed by atoms with E-state index in [2.05, 4.69) is 10.1 Å². The molecular weight excluding hydrogens is 330 g/mol. The van der Waals surface area contributed by atoms with Crippen LogP contribution in [0.25, 0.3) is 33.5 Å². The van der Waals surface area contributed by atoms with Crippen LogP contribution in [0.4, 0.5) is 0 Å². The third-order valence-corrected chi connectivity index (χ3v) is 5.01. The van der Waals surface area contributed by atoms with E-state index in [1.54, 1.807) is 30.8 Å². The highest BCUT2D eigenvalue weighted by Gasteiger charge is 2.15. The average Bonchev–Trinajstić information content (AvgIpc) is 3.09. The molecule has 25 heavy (non-hydrogen) atoms. The Morgan fingerprint density at radius 3 is 2.56 bits per heavy atom. The van der Waals surface area contributed by atoms with Gasteiger partial charge in [-0.05, 0) is 28.6 Å². The molecule has 0 saturated heterocycles. The standard InChI is InChI=1S/C20H15N3OS/c1-23-20(24)17-16(8-7-14-5-3-2-4-6-14)13-25-19(17)18(22-23)15-9-11-21-12-10-15/h2-13H,1H3. The predicted molar refractivity (Wildman–Crippen MR) is 103 cm³/mol. The maximum atomic E-state index is 12.7. The molecule has 0 fully saturated rings. The number of aryl methyl sites for hydroxylation is 1. The number of hydrogen-bond donors (Lipinski definition) is 0. The van der Waals surface area contributed by atoms with Gasteiger partial charge in [0.2, 0.25) is 0 Å². The Labute approximate surface area is 148 Å². The molecule has 0 aliphatic carbocycles. The van der Waals surface area contributed by atoms with Gasteiger partial charge in [-0.2, -0.15) is 5.10 Å². The number of pyridine rings is 1. The molecule has 0 unspecified atom stereocenters. The van der Waals surface area contributed by atoms with Gasteiger partial charge in [0.1, 0.15) is 5.69 Å². The van der Waals surface area contributed by atoms with Crippen LogP contribution < -0.4 is 5.56 Å². The van der Waals surface area contributed by atoms with Gasteiger partial charge in [-0.3, -0.25) is 9.78 Å². The van der Waals surface area contributed by atoms with E-state index >= 15 is 0 Å². The van der Waals surface area contributed by atoms with E-state index < -0.39 is 0 Å². The number of fused-ring (bicyclic) bond motifs is 1. The molecule has 3 heterocycles. The van der Waals surface area contributed by atoms with Crippen molar-refractivity contribution in [1.29, 1.82) is 0 Å². The first-order valence-corrected chi connectivity index (χ1v) is 8.74. The molecule has 0 N–H and O–H groups in total. The number of nitrogens with zero attached hydrogens (tertiary/aromatic N) is 3. The zero-order valence-electron chi connectivity index (χ0n) is 13.6. The lowest BCUT2D eigenvalue weighted by molar-refractivity contribution is 0.723. The zero-order valence-corrected chi connectivity index (χ0v) is 14.4. The van der Waals surface area contributed by atoms with Crippen LogP contribution in [0.1, 0.15) is 11.1 Å². The number of aromatic nitrogens is 3. The summed E-state index contributed by atoms with van der Waals surface area (Å²) in [6.45, 7) is 0. The minimum Gasteiger partial charge on any atom is -0.267 e. The first-order chi connectivity index (χ1) is 12.2. The molecule has 0 aliphatic heterocycles. The molecule has 0 amide bonds. The molecule has 0 bridgehead atoms. The highest BCUT2D eigenvalue weighted by Crippen LogP contribution is 2.32. The van der Waals surface area contributed by atoms with Crippen molar-refractivity contribution in [3.63, 3.8) is 0 Å². The van der Waals surface area contributed by atoms with Gasteiger partial charge in [0.05, 0.1) is 10.1 Å². The monoisotopic (exact) mass is 345 g/mol. The fourth-order valence-corrected chi connectivity index (χ4v) is 3.77. The molecule has 4 nitrogen and oxygen atoms in total. The molecule has 0 atom stereocenters. The third-order valence-electron chi connectivity index (χ3n) is 4.00. The Bertz CT molecular complexity index is 1110. The van der Waals surface area contributed by atoms with Crippen molar-refractivity contribution in [3.05, 3.63) is 81.7 Å². The van der Waals surface area contributed by atoms with Crippen molar-refractivity contribution >= 4 is 33.6 Å². The quantitative estimate of drug-likeness (QED) is 0.558. The first kappa shape index (κ1) is 15.5. The molecule has 0 radical (unpaired) electrons. The Hall–Kier alpha value is -3.05. The molecule has 3 aromatic heterocycles. The normalized spacial score (nSPS) is 11.4. The van der Waals surface area contributed by atoms with E-state index in [1.165, 1.54) is 4.68 Å². The van der Waals surface area contributed by atoms with Crippen molar-refractivity contribution in [2.75, 3.05) is 0 Å². The van der Waals surface area contributed by atoms with E-state index in [0.717, 1.165) is 27.1 Å². The summed E-state index contributed by atoms with van der Waals surface area (Å²) >= 11 is 1.55. The summed E-state index contributed by atoms with van der Waals surface area (Å²) in [4.78, 5) is 16.7. The van der Waals surface area contributed by atoms with Gasteiger partial charge in [-0.1, -0.05) is 42.5 Å². The van der Waals surface area contributed by atoms with Crippen LogP contribution in [0.3, 0.4) is 0 Å². The molecule has 4 aromatic rings. The van der Waals surface area contributed by atoms with Gasteiger partial charge in [0.15, 0.2) is 0 Å². The fraction of sp³-hybridized carbons (Fsp3) is 0.0500. The second-order valence-electron chi connectivity index (χ2n) is 5.65. The number of hydrogen-bond acceptors (Lipinski definition) is 4. The highest BCUT2D eigenvalue weighted by atomic mass is 32.1. The number of thiophene rings is 1. The summed E-state index contributed by atoms with van der Waals surface area (Å²) in [7, 11) is 1.69. The van der Waals surface area contributed by atoms with Crippen molar-refractivity contribution in [2.45, 2.75) is 0 Å². The van der Waals surface area contributed by atoms with Gasteiger partial charge < -0.3 is 0 Å². The topological polar surface area (TPSA) is 47.8 Å². The van der Waals surface area contributed by atoms with E-state index in [1.807, 2.05) is 60.0 Å². The fourth-order valence-electron chi connectivity index (χ4n) is 2.74. The van der Waals surface area contributed by atoms with Crippen molar-refractivity contribution < 1.29 is 0 Å². The van der Waals surface area contributed by atoms with Crippen molar-refractivity contribution in [2.24, 2.45) is 7.05 Å². The minimum atomic E-state index is -0.0817. The van der Waals surface area contributed by atoms with Crippen molar-refractivity contribution in [1.82, 2.24) is 14.8 Å². The van der Waals surface area contributed by atoms with Gasteiger partial charge in [0.25, 0.3) is 5.56 Å². The Morgan fingerprint density at radius 1 is 1.04 bits per heavy atom. The molecular formula is C20H15N3OS. The van der Waals surface area contributed by atoms with Crippen LogP contribution in [0, 0.1) is 0 Å². The Kier molecular flexibility index (Phi) is 3.99. The van der Waals surface area contributed by atoms with Crippen LogP contribution >= 0.6 is 11.3 Å². The highest BCUT2D eigenvalue weighted by molar-refractivity contribution is 7.18. The second kappa shape index (κ2) is 6.45. The minimum absolute atomic E-state index is 0.0817. The number of rotatable bonds is 3. The molecule has 0 aliphatic rings. The maximum Gasteiger partial charge on any atom is 0.275 e. The maximum absolute atomic E-state index is 12.7. The van der Waals surface area contributed by atoms with Crippen LogP contribution in [-0.4, -0.2) is 14.8 Å². The number of benzene rings is 1. The molecule has 1 aromatic carbocycles. The van der Waals surface area contributed by atoms with Gasteiger partial charge in [-0.15, -0.1) is 11.3 Å². The van der Waals surface area contributed by atoms with E-state index in [4.69, 9.17) is 0 Å². The van der Waals surface area contributed by atoms with Gasteiger partial charge in [0, 0.05) is 25.0 Å². The van der Waals surface area contributed by atoms with E-state index in [0.29, 0.717) is 5.39 Å². The zero-order chi connectivity index (χ0) is 17.2. The summed E-state index contributed by atoms with van der Waals surface area (Å²) in [5.41, 5.74) is 3.70. The first-order valence-electron chi connectivity index (χ1n) is 7.86. The Balaban J connectivity index is 1.90. The molecule has 4 rings (SSSR count). The van der Waals surface area contributed by atoms with Crippen LogP contribution in [0.5, 0.6) is 0 Å². The summed E-state index contributed by atoms with van der Waals surface area (Å²) < 4.78 is 2.31.